The van der Waals surface area contributed by atoms with Crippen LogP contribution in [0.4, 0.5) is 0 Å². The van der Waals surface area contributed by atoms with Crippen molar-refractivity contribution < 1.29 is 9.59 Å². The number of fused-ring (bicyclic) bond motifs is 1. The number of hydrogen-bond acceptors (Lipinski definition) is 3. The third kappa shape index (κ3) is 4.57. The third-order valence-corrected chi connectivity index (χ3v) is 6.59. The van der Waals surface area contributed by atoms with Crippen LogP contribution >= 0.6 is 0 Å². The minimum atomic E-state index is -0.127. The molecular formula is C23H34N4O2. The van der Waals surface area contributed by atoms with Gasteiger partial charge >= 0.3 is 0 Å². The Hall–Kier alpha value is -2.11. The van der Waals surface area contributed by atoms with Crippen LogP contribution in [0.25, 0.3) is 0 Å². The number of likely N-dealkylation sites (tertiary alicyclic amines) is 1. The zero-order valence-electron chi connectivity index (χ0n) is 17.7. The average Bonchev–Trinajstić information content (AvgIpc) is 3.14. The number of carbonyl (C=O) groups excluding carboxylic acids is 2. The van der Waals surface area contributed by atoms with Crippen molar-refractivity contribution >= 4 is 11.8 Å². The van der Waals surface area contributed by atoms with Gasteiger partial charge in [0.1, 0.15) is 5.69 Å². The lowest BCUT2D eigenvalue weighted by molar-refractivity contribution is 0.0664. The van der Waals surface area contributed by atoms with Crippen molar-refractivity contribution in [3.63, 3.8) is 0 Å². The highest BCUT2D eigenvalue weighted by Gasteiger charge is 2.31. The van der Waals surface area contributed by atoms with E-state index in [4.69, 9.17) is 0 Å². The van der Waals surface area contributed by atoms with Crippen LogP contribution in [0.1, 0.15) is 91.5 Å². The molecule has 0 bridgehead atoms. The van der Waals surface area contributed by atoms with E-state index in [-0.39, 0.29) is 11.8 Å². The standard InChI is InChI=1S/C23H34N4O2/c1-17-8-7-14-26(16-17)23(29)21-25-20(19-11-5-6-15-27(19)21)22(28)24-13-12-18-9-3-2-4-10-18/h9,17H,2-8,10-16H2,1H3,(H,24,28). The molecule has 2 amide bonds. The van der Waals surface area contributed by atoms with E-state index in [1.54, 1.807) is 0 Å². The molecule has 1 fully saturated rings. The van der Waals surface area contributed by atoms with Gasteiger partial charge in [-0.1, -0.05) is 18.6 Å². The molecule has 6 nitrogen and oxygen atoms in total. The molecule has 0 aromatic carbocycles. The first-order valence-corrected chi connectivity index (χ1v) is 11.5. The lowest BCUT2D eigenvalue weighted by Crippen LogP contribution is -2.40. The number of imidazole rings is 1. The van der Waals surface area contributed by atoms with Crippen LogP contribution in [0.5, 0.6) is 0 Å². The first kappa shape index (κ1) is 20.2. The molecule has 1 saturated heterocycles. The second-order valence-corrected chi connectivity index (χ2v) is 8.95. The van der Waals surface area contributed by atoms with Crippen LogP contribution in [0.15, 0.2) is 11.6 Å². The molecule has 1 aromatic rings. The fourth-order valence-electron chi connectivity index (χ4n) is 4.96. The Labute approximate surface area is 173 Å². The Morgan fingerprint density at radius 2 is 2.00 bits per heavy atom. The van der Waals surface area contributed by atoms with E-state index in [1.807, 2.05) is 9.47 Å². The summed E-state index contributed by atoms with van der Waals surface area (Å²) >= 11 is 0. The van der Waals surface area contributed by atoms with Gasteiger partial charge in [-0.2, -0.15) is 0 Å². The van der Waals surface area contributed by atoms with Crippen LogP contribution in [0, 0.1) is 5.92 Å². The molecule has 6 heteroatoms. The fraction of sp³-hybridized carbons (Fsp3) is 0.696. The highest BCUT2D eigenvalue weighted by Crippen LogP contribution is 2.24. The quantitative estimate of drug-likeness (QED) is 0.769. The monoisotopic (exact) mass is 398 g/mol. The average molecular weight is 399 g/mol. The van der Waals surface area contributed by atoms with Crippen molar-refractivity contribution in [1.29, 1.82) is 0 Å². The fourth-order valence-corrected chi connectivity index (χ4v) is 4.96. The number of amides is 2. The molecule has 1 atom stereocenters. The molecule has 0 spiro atoms. The zero-order valence-corrected chi connectivity index (χ0v) is 17.7. The Bertz CT molecular complexity index is 795. The SMILES string of the molecule is CC1CCCN(C(=O)c2nc(C(=O)NCCC3=CCCCC3)c3n2CCCC3)C1. The predicted molar refractivity (Wildman–Crippen MR) is 113 cm³/mol. The Kier molecular flexibility index (Phi) is 6.36. The maximum Gasteiger partial charge on any atom is 0.289 e. The van der Waals surface area contributed by atoms with Gasteiger partial charge in [0.2, 0.25) is 0 Å². The maximum atomic E-state index is 13.2. The molecule has 29 heavy (non-hydrogen) atoms. The van der Waals surface area contributed by atoms with Gasteiger partial charge in [-0.15, -0.1) is 0 Å². The molecule has 1 N–H and O–H groups in total. The third-order valence-electron chi connectivity index (χ3n) is 6.59. The van der Waals surface area contributed by atoms with Gasteiger partial charge in [0.25, 0.3) is 11.8 Å². The van der Waals surface area contributed by atoms with E-state index >= 15 is 0 Å². The summed E-state index contributed by atoms with van der Waals surface area (Å²) in [4.78, 5) is 32.6. The number of rotatable bonds is 5. The number of carbonyl (C=O) groups is 2. The molecule has 1 unspecified atom stereocenters. The highest BCUT2D eigenvalue weighted by atomic mass is 16.2. The number of allylic oxidation sites excluding steroid dienone is 1. The minimum absolute atomic E-state index is 0.00823. The van der Waals surface area contributed by atoms with Gasteiger partial charge in [0, 0.05) is 26.2 Å². The smallest absolute Gasteiger partial charge is 0.289 e. The molecule has 3 heterocycles. The van der Waals surface area contributed by atoms with Gasteiger partial charge in [0.05, 0.1) is 5.69 Å². The molecule has 0 radical (unpaired) electrons. The summed E-state index contributed by atoms with van der Waals surface area (Å²) in [5.74, 6) is 0.860. The van der Waals surface area contributed by atoms with Crippen LogP contribution in [0.3, 0.4) is 0 Å². The number of piperidine rings is 1. The van der Waals surface area contributed by atoms with E-state index in [0.29, 0.717) is 24.0 Å². The summed E-state index contributed by atoms with van der Waals surface area (Å²) in [7, 11) is 0. The van der Waals surface area contributed by atoms with Gasteiger partial charge < -0.3 is 14.8 Å². The summed E-state index contributed by atoms with van der Waals surface area (Å²) in [6, 6.07) is 0. The predicted octanol–water partition coefficient (Wildman–Crippen LogP) is 3.71. The molecule has 0 saturated carbocycles. The molecule has 2 aliphatic heterocycles. The van der Waals surface area contributed by atoms with Gasteiger partial charge in [0.15, 0.2) is 5.82 Å². The second-order valence-electron chi connectivity index (χ2n) is 8.95. The number of nitrogens with zero attached hydrogens (tertiary/aromatic N) is 3. The van der Waals surface area contributed by atoms with E-state index in [9.17, 15) is 9.59 Å². The normalized spacial score (nSPS) is 22.0. The van der Waals surface area contributed by atoms with Crippen molar-refractivity contribution in [1.82, 2.24) is 19.8 Å². The summed E-state index contributed by atoms with van der Waals surface area (Å²) in [6.07, 6.45) is 13.2. The largest absolute Gasteiger partial charge is 0.350 e. The lowest BCUT2D eigenvalue weighted by atomic mass is 9.97. The summed E-state index contributed by atoms with van der Waals surface area (Å²) in [5.41, 5.74) is 2.87. The molecule has 1 aromatic heterocycles. The maximum absolute atomic E-state index is 13.2. The van der Waals surface area contributed by atoms with Gasteiger partial charge in [-0.3, -0.25) is 9.59 Å². The van der Waals surface area contributed by atoms with Crippen LogP contribution < -0.4 is 5.32 Å². The first-order chi connectivity index (χ1) is 14.1. The lowest BCUT2D eigenvalue weighted by Gasteiger charge is -2.31. The van der Waals surface area contributed by atoms with Gasteiger partial charge in [-0.25, -0.2) is 4.98 Å². The van der Waals surface area contributed by atoms with Crippen molar-refractivity contribution in [3.05, 3.63) is 28.9 Å². The van der Waals surface area contributed by atoms with E-state index in [0.717, 1.165) is 63.9 Å². The Balaban J connectivity index is 1.47. The van der Waals surface area contributed by atoms with Crippen LogP contribution in [-0.2, 0) is 13.0 Å². The van der Waals surface area contributed by atoms with Crippen LogP contribution in [0.2, 0.25) is 0 Å². The minimum Gasteiger partial charge on any atom is -0.350 e. The summed E-state index contributed by atoms with van der Waals surface area (Å²) in [6.45, 7) is 5.21. The Morgan fingerprint density at radius 3 is 2.79 bits per heavy atom. The van der Waals surface area contributed by atoms with E-state index in [1.165, 1.54) is 31.3 Å². The van der Waals surface area contributed by atoms with Crippen molar-refractivity contribution in [2.45, 2.75) is 77.7 Å². The number of aromatic nitrogens is 2. The topological polar surface area (TPSA) is 67.2 Å². The molecule has 3 aliphatic rings. The summed E-state index contributed by atoms with van der Waals surface area (Å²) < 4.78 is 2.02. The zero-order chi connectivity index (χ0) is 20.2. The Morgan fingerprint density at radius 1 is 1.14 bits per heavy atom. The number of nitrogens with one attached hydrogen (secondary N) is 1. The van der Waals surface area contributed by atoms with Crippen molar-refractivity contribution in [3.8, 4) is 0 Å². The van der Waals surface area contributed by atoms with Crippen LogP contribution in [-0.4, -0.2) is 45.9 Å². The van der Waals surface area contributed by atoms with Gasteiger partial charge in [-0.05, 0) is 70.1 Å². The molecule has 158 valence electrons. The number of hydrogen-bond donors (Lipinski definition) is 1. The van der Waals surface area contributed by atoms with E-state index < -0.39 is 0 Å². The van der Waals surface area contributed by atoms with Crippen molar-refractivity contribution in [2.75, 3.05) is 19.6 Å². The second kappa shape index (κ2) is 9.14. The molecule has 4 rings (SSSR count). The first-order valence-electron chi connectivity index (χ1n) is 11.5. The molecular weight excluding hydrogens is 364 g/mol. The van der Waals surface area contributed by atoms with Crippen molar-refractivity contribution in [2.24, 2.45) is 5.92 Å². The summed E-state index contributed by atoms with van der Waals surface area (Å²) in [5, 5.41) is 3.05. The molecule has 1 aliphatic carbocycles. The highest BCUT2D eigenvalue weighted by molar-refractivity contribution is 5.97. The van der Waals surface area contributed by atoms with E-state index in [2.05, 4.69) is 23.3 Å².